The van der Waals surface area contributed by atoms with Gasteiger partial charge in [-0.1, -0.05) is 23.7 Å². The highest BCUT2D eigenvalue weighted by atomic mass is 35.5. The molecule has 3 fully saturated rings. The standard InChI is InChI=1S/C23H19ClFN3O3/c1-11-13(24)9-8-12-19(11)26-22(31)23(12)18-17(16-7-4-10-27(16)23)20(29)28(21(18)30)15-6-3-2-5-14(15)25/h2-3,5-6,8-9,16-18H,4,7,10H2,1H3,(H,26,31)/p+1/t16-,17+,18-,23-/m0/s1. The van der Waals surface area contributed by atoms with Crippen molar-refractivity contribution in [3.63, 3.8) is 0 Å². The van der Waals surface area contributed by atoms with Gasteiger partial charge < -0.3 is 10.2 Å². The number of hydrogen-bond acceptors (Lipinski definition) is 3. The van der Waals surface area contributed by atoms with Crippen LogP contribution in [0.2, 0.25) is 5.02 Å². The molecule has 0 saturated carbocycles. The van der Waals surface area contributed by atoms with Gasteiger partial charge in [-0.2, -0.15) is 0 Å². The topological polar surface area (TPSA) is 70.9 Å². The zero-order valence-corrected chi connectivity index (χ0v) is 17.5. The summed E-state index contributed by atoms with van der Waals surface area (Å²) in [5, 5.41) is 3.49. The van der Waals surface area contributed by atoms with E-state index >= 15 is 0 Å². The number of carbonyl (C=O) groups is 3. The molecule has 5 atom stereocenters. The molecule has 158 valence electrons. The van der Waals surface area contributed by atoms with Gasteiger partial charge in [0.2, 0.25) is 17.4 Å². The lowest BCUT2D eigenvalue weighted by atomic mass is 9.75. The molecule has 4 aliphatic rings. The van der Waals surface area contributed by atoms with Crippen LogP contribution >= 0.6 is 11.6 Å². The van der Waals surface area contributed by atoms with Gasteiger partial charge in [0.15, 0.2) is 0 Å². The van der Waals surface area contributed by atoms with Gasteiger partial charge in [-0.25, -0.2) is 9.29 Å². The molecule has 31 heavy (non-hydrogen) atoms. The van der Waals surface area contributed by atoms with Gasteiger partial charge in [0.25, 0.3) is 5.91 Å². The maximum Gasteiger partial charge on any atom is 0.291 e. The molecule has 3 saturated heterocycles. The Hall–Kier alpha value is -2.77. The number of nitrogens with one attached hydrogen (secondary N) is 2. The van der Waals surface area contributed by atoms with E-state index in [0.717, 1.165) is 28.2 Å². The highest BCUT2D eigenvalue weighted by molar-refractivity contribution is 6.32. The van der Waals surface area contributed by atoms with Gasteiger partial charge in [-0.15, -0.1) is 0 Å². The number of halogens is 2. The largest absolute Gasteiger partial charge is 0.319 e. The number of benzene rings is 2. The van der Waals surface area contributed by atoms with Crippen LogP contribution in [0.5, 0.6) is 0 Å². The number of hydrogen-bond donors (Lipinski definition) is 2. The molecule has 8 heteroatoms. The van der Waals surface area contributed by atoms with Crippen molar-refractivity contribution in [2.24, 2.45) is 11.8 Å². The minimum Gasteiger partial charge on any atom is -0.319 e. The maximum absolute atomic E-state index is 14.6. The third-order valence-corrected chi connectivity index (χ3v) is 8.09. The van der Waals surface area contributed by atoms with Crippen molar-refractivity contribution in [1.29, 1.82) is 0 Å². The molecule has 0 bridgehead atoms. The summed E-state index contributed by atoms with van der Waals surface area (Å²) in [7, 11) is 0. The molecule has 1 unspecified atom stereocenters. The van der Waals surface area contributed by atoms with Gasteiger partial charge >= 0.3 is 0 Å². The summed E-state index contributed by atoms with van der Waals surface area (Å²) < 4.78 is 14.6. The number of para-hydroxylation sites is 1. The fraction of sp³-hybridized carbons (Fsp3) is 0.348. The van der Waals surface area contributed by atoms with Gasteiger partial charge in [0.1, 0.15) is 23.7 Å². The van der Waals surface area contributed by atoms with E-state index in [4.69, 9.17) is 11.6 Å². The summed E-state index contributed by atoms with van der Waals surface area (Å²) >= 11 is 6.30. The summed E-state index contributed by atoms with van der Waals surface area (Å²) in [6.45, 7) is 2.53. The first kappa shape index (κ1) is 19.0. The van der Waals surface area contributed by atoms with Crippen molar-refractivity contribution in [2.75, 3.05) is 16.8 Å². The van der Waals surface area contributed by atoms with E-state index in [0.29, 0.717) is 22.8 Å². The lowest BCUT2D eigenvalue weighted by molar-refractivity contribution is -0.948. The zero-order chi connectivity index (χ0) is 21.7. The number of anilines is 2. The van der Waals surface area contributed by atoms with Crippen molar-refractivity contribution in [3.05, 3.63) is 58.4 Å². The molecule has 0 aromatic heterocycles. The molecule has 6 nitrogen and oxygen atoms in total. The normalized spacial score (nSPS) is 33.1. The summed E-state index contributed by atoms with van der Waals surface area (Å²) in [5.41, 5.74) is 0.827. The Kier molecular flexibility index (Phi) is 3.76. The summed E-state index contributed by atoms with van der Waals surface area (Å²) in [5.74, 6) is -3.35. The molecule has 0 aliphatic carbocycles. The average Bonchev–Trinajstić information content (AvgIpc) is 3.45. The fourth-order valence-corrected chi connectivity index (χ4v) is 6.68. The van der Waals surface area contributed by atoms with E-state index in [2.05, 4.69) is 5.32 Å². The Bertz CT molecular complexity index is 1200. The quantitative estimate of drug-likeness (QED) is 0.664. The van der Waals surface area contributed by atoms with Crippen molar-refractivity contribution >= 4 is 40.7 Å². The van der Waals surface area contributed by atoms with Crippen molar-refractivity contribution in [1.82, 2.24) is 0 Å². The monoisotopic (exact) mass is 440 g/mol. The highest BCUT2D eigenvalue weighted by Gasteiger charge is 2.78. The SMILES string of the molecule is Cc1c(Cl)ccc2c1NC(=O)[C@@]21[C@@H]2C(=O)N(c3ccccc3F)C(=O)[C@@H]2[C@@H]2CCC[NH+]21. The molecule has 2 aromatic rings. The van der Waals surface area contributed by atoms with Crippen LogP contribution < -0.4 is 15.1 Å². The Morgan fingerprint density at radius 3 is 2.71 bits per heavy atom. The minimum atomic E-state index is -1.21. The van der Waals surface area contributed by atoms with Crippen LogP contribution in [0.25, 0.3) is 0 Å². The number of imide groups is 1. The smallest absolute Gasteiger partial charge is 0.291 e. The lowest BCUT2D eigenvalue weighted by Crippen LogP contribution is -3.19. The fourth-order valence-electron chi connectivity index (χ4n) is 6.52. The van der Waals surface area contributed by atoms with E-state index in [9.17, 15) is 18.8 Å². The number of fused-ring (bicyclic) bond motifs is 7. The Balaban J connectivity index is 1.59. The molecule has 4 aliphatic heterocycles. The zero-order valence-electron chi connectivity index (χ0n) is 16.7. The predicted molar refractivity (Wildman–Crippen MR) is 111 cm³/mol. The second kappa shape index (κ2) is 6.14. The van der Waals surface area contributed by atoms with Gasteiger partial charge in [-0.05, 0) is 36.8 Å². The number of amides is 3. The third-order valence-electron chi connectivity index (χ3n) is 7.68. The number of nitrogens with zero attached hydrogens (tertiary/aromatic N) is 1. The first-order chi connectivity index (χ1) is 14.9. The van der Waals surface area contributed by atoms with Crippen LogP contribution in [0.15, 0.2) is 36.4 Å². The van der Waals surface area contributed by atoms with E-state index < -0.39 is 35.0 Å². The molecule has 0 radical (unpaired) electrons. The molecular weight excluding hydrogens is 421 g/mol. The molecule has 4 heterocycles. The van der Waals surface area contributed by atoms with Crippen LogP contribution in [0, 0.1) is 24.6 Å². The number of rotatable bonds is 1. The van der Waals surface area contributed by atoms with E-state index in [1.807, 2.05) is 6.92 Å². The second-order valence-electron chi connectivity index (χ2n) is 8.85. The Labute approximate surface area is 183 Å². The van der Waals surface area contributed by atoms with Crippen LogP contribution in [0.1, 0.15) is 24.0 Å². The summed E-state index contributed by atoms with van der Waals surface area (Å²) in [4.78, 5) is 42.9. The summed E-state index contributed by atoms with van der Waals surface area (Å²) in [6.07, 6.45) is 1.61. The first-order valence-electron chi connectivity index (χ1n) is 10.5. The van der Waals surface area contributed by atoms with Crippen LogP contribution in [0.4, 0.5) is 15.8 Å². The highest BCUT2D eigenvalue weighted by Crippen LogP contribution is 2.53. The van der Waals surface area contributed by atoms with Crippen molar-refractivity contribution < 1.29 is 23.7 Å². The van der Waals surface area contributed by atoms with Gasteiger partial charge in [-0.3, -0.25) is 14.4 Å². The van der Waals surface area contributed by atoms with E-state index in [1.54, 1.807) is 18.2 Å². The first-order valence-corrected chi connectivity index (χ1v) is 10.9. The molecule has 2 aromatic carbocycles. The third kappa shape index (κ3) is 2.08. The Morgan fingerprint density at radius 2 is 1.94 bits per heavy atom. The van der Waals surface area contributed by atoms with Crippen LogP contribution in [0.3, 0.4) is 0 Å². The maximum atomic E-state index is 14.6. The average molecular weight is 441 g/mol. The van der Waals surface area contributed by atoms with Crippen molar-refractivity contribution in [2.45, 2.75) is 31.3 Å². The van der Waals surface area contributed by atoms with Crippen LogP contribution in [-0.4, -0.2) is 30.3 Å². The molecule has 1 spiro atoms. The second-order valence-corrected chi connectivity index (χ2v) is 9.25. The van der Waals surface area contributed by atoms with E-state index in [1.165, 1.54) is 18.2 Å². The molecule has 2 N–H and O–H groups in total. The van der Waals surface area contributed by atoms with Crippen molar-refractivity contribution in [3.8, 4) is 0 Å². The molecular formula is C23H20ClFN3O3+. The van der Waals surface area contributed by atoms with Crippen LogP contribution in [-0.2, 0) is 19.9 Å². The predicted octanol–water partition coefficient (Wildman–Crippen LogP) is 1.80. The van der Waals surface area contributed by atoms with E-state index in [-0.39, 0.29) is 17.6 Å². The number of quaternary nitrogens is 1. The lowest BCUT2D eigenvalue weighted by Gasteiger charge is -2.33. The van der Waals surface area contributed by atoms with Gasteiger partial charge in [0, 0.05) is 23.4 Å². The summed E-state index contributed by atoms with van der Waals surface area (Å²) in [6, 6.07) is 9.16. The van der Waals surface area contributed by atoms with Gasteiger partial charge in [0.05, 0.1) is 17.9 Å². The Morgan fingerprint density at radius 1 is 1.16 bits per heavy atom. The molecule has 6 rings (SSSR count). The minimum absolute atomic E-state index is 0.0486. The number of carbonyl (C=O) groups excluding carboxylic acids is 3. The molecule has 3 amide bonds.